The predicted molar refractivity (Wildman–Crippen MR) is 183 cm³/mol. The summed E-state index contributed by atoms with van der Waals surface area (Å²) in [5.74, 6) is 0.0654. The Labute approximate surface area is 280 Å². The molecule has 2 aliphatic rings. The molecule has 1 N–H and O–H groups in total. The van der Waals surface area contributed by atoms with Crippen LogP contribution in [0.5, 0.6) is 0 Å². The molecular weight excluding hydrogens is 622 g/mol. The summed E-state index contributed by atoms with van der Waals surface area (Å²) in [7, 11) is 0. The Hall–Kier alpha value is -3.72. The Balaban J connectivity index is 1.38. The molecule has 0 bridgehead atoms. The van der Waals surface area contributed by atoms with E-state index >= 15 is 0 Å². The van der Waals surface area contributed by atoms with Crippen LogP contribution in [0.1, 0.15) is 58.6 Å². The first-order chi connectivity index (χ1) is 22.3. The Morgan fingerprint density at radius 3 is 2.50 bits per heavy atom. The van der Waals surface area contributed by atoms with Gasteiger partial charge in [-0.15, -0.1) is 0 Å². The molecule has 0 saturated heterocycles. The van der Waals surface area contributed by atoms with Crippen LogP contribution in [0.15, 0.2) is 66.9 Å². The molecule has 10 heteroatoms. The first kappa shape index (κ1) is 32.2. The molecule has 3 aromatic carbocycles. The van der Waals surface area contributed by atoms with Crippen molar-refractivity contribution >= 4 is 40.7 Å². The van der Waals surface area contributed by atoms with Gasteiger partial charge in [0.05, 0.1) is 11.3 Å². The number of benzene rings is 3. The van der Waals surface area contributed by atoms with Crippen molar-refractivity contribution < 1.29 is 9.18 Å². The second-order valence-corrected chi connectivity index (χ2v) is 13.1. The molecular formula is C36H39Cl2FN6O. The number of nitrogens with one attached hydrogen (secondary N) is 1. The number of halogens is 3. The molecule has 7 nitrogen and oxygen atoms in total. The Morgan fingerprint density at radius 1 is 0.935 bits per heavy atom. The second-order valence-electron chi connectivity index (χ2n) is 12.3. The van der Waals surface area contributed by atoms with Crippen LogP contribution in [0.3, 0.4) is 0 Å². The average molecular weight is 662 g/mol. The predicted octanol–water partition coefficient (Wildman–Crippen LogP) is 7.24. The molecule has 240 valence electrons. The smallest absolute Gasteiger partial charge is 0.257 e. The van der Waals surface area contributed by atoms with Crippen molar-refractivity contribution in [1.29, 1.82) is 0 Å². The van der Waals surface area contributed by atoms with Crippen LogP contribution in [0.2, 0.25) is 10.0 Å². The van der Waals surface area contributed by atoms with E-state index in [0.717, 1.165) is 31.5 Å². The Kier molecular flexibility index (Phi) is 10.1. The van der Waals surface area contributed by atoms with Crippen molar-refractivity contribution in [1.82, 2.24) is 19.8 Å². The molecule has 4 aromatic rings. The SMILES string of the molecule is CC(C)N1CCCNc2cc(F)ccc2CN(C(=O)c2cnc(N3CCc4ccccc4C3)nc2Cc2c(Cl)cccc2Cl)CC1. The van der Waals surface area contributed by atoms with Crippen LogP contribution in [0.25, 0.3) is 0 Å². The topological polar surface area (TPSA) is 64.6 Å². The molecule has 0 aliphatic carbocycles. The van der Waals surface area contributed by atoms with Gasteiger partial charge in [0.15, 0.2) is 0 Å². The number of amides is 1. The maximum Gasteiger partial charge on any atom is 0.257 e. The van der Waals surface area contributed by atoms with E-state index in [1.54, 1.807) is 30.5 Å². The lowest BCUT2D eigenvalue weighted by Crippen LogP contribution is -2.41. The summed E-state index contributed by atoms with van der Waals surface area (Å²) in [6.07, 6.45) is 3.72. The molecule has 0 spiro atoms. The summed E-state index contributed by atoms with van der Waals surface area (Å²) in [6.45, 7) is 8.88. The number of carbonyl (C=O) groups excluding carboxylic acids is 1. The Morgan fingerprint density at radius 2 is 1.72 bits per heavy atom. The monoisotopic (exact) mass is 660 g/mol. The fraction of sp³-hybridized carbons (Fsp3) is 0.361. The van der Waals surface area contributed by atoms with E-state index < -0.39 is 0 Å². The van der Waals surface area contributed by atoms with E-state index in [2.05, 4.69) is 47.2 Å². The molecule has 3 heterocycles. The summed E-state index contributed by atoms with van der Waals surface area (Å²) >= 11 is 13.3. The van der Waals surface area contributed by atoms with Crippen LogP contribution in [-0.4, -0.2) is 64.4 Å². The van der Waals surface area contributed by atoms with Gasteiger partial charge >= 0.3 is 0 Å². The fourth-order valence-corrected chi connectivity index (χ4v) is 6.80. The van der Waals surface area contributed by atoms with Crippen LogP contribution in [0.4, 0.5) is 16.0 Å². The molecule has 6 rings (SSSR count). The van der Waals surface area contributed by atoms with E-state index in [0.29, 0.717) is 77.3 Å². The summed E-state index contributed by atoms with van der Waals surface area (Å²) in [5, 5.41) is 4.44. The van der Waals surface area contributed by atoms with Gasteiger partial charge < -0.3 is 15.1 Å². The van der Waals surface area contributed by atoms with Crippen molar-refractivity contribution in [2.75, 3.05) is 42.9 Å². The maximum absolute atomic E-state index is 14.6. The number of hydrogen-bond donors (Lipinski definition) is 1. The number of fused-ring (bicyclic) bond motifs is 2. The fourth-order valence-electron chi connectivity index (χ4n) is 6.27. The van der Waals surface area contributed by atoms with Gasteiger partial charge in [-0.25, -0.2) is 14.4 Å². The van der Waals surface area contributed by atoms with E-state index in [9.17, 15) is 9.18 Å². The highest BCUT2D eigenvalue weighted by Gasteiger charge is 2.27. The lowest BCUT2D eigenvalue weighted by atomic mass is 10.0. The number of aromatic nitrogens is 2. The summed E-state index contributed by atoms with van der Waals surface area (Å²) in [5.41, 5.74) is 5.82. The van der Waals surface area contributed by atoms with E-state index in [4.69, 9.17) is 33.2 Å². The number of rotatable bonds is 5. The number of anilines is 2. The zero-order chi connectivity index (χ0) is 32.2. The van der Waals surface area contributed by atoms with Crippen LogP contribution >= 0.6 is 23.2 Å². The van der Waals surface area contributed by atoms with Gasteiger partial charge in [-0.1, -0.05) is 59.6 Å². The van der Waals surface area contributed by atoms with Gasteiger partial charge in [0, 0.05) is 80.2 Å². The largest absolute Gasteiger partial charge is 0.385 e. The highest BCUT2D eigenvalue weighted by molar-refractivity contribution is 6.36. The molecule has 0 saturated carbocycles. The highest BCUT2D eigenvalue weighted by atomic mass is 35.5. The summed E-state index contributed by atoms with van der Waals surface area (Å²) in [4.78, 5) is 30.7. The van der Waals surface area contributed by atoms with Gasteiger partial charge in [-0.2, -0.15) is 0 Å². The minimum absolute atomic E-state index is 0.188. The molecule has 2 aliphatic heterocycles. The zero-order valence-corrected chi connectivity index (χ0v) is 27.8. The first-order valence-corrected chi connectivity index (χ1v) is 16.7. The van der Waals surface area contributed by atoms with Crippen molar-refractivity contribution in [3.63, 3.8) is 0 Å². The first-order valence-electron chi connectivity index (χ1n) is 15.9. The zero-order valence-electron chi connectivity index (χ0n) is 26.3. The summed E-state index contributed by atoms with van der Waals surface area (Å²) < 4.78 is 14.3. The minimum atomic E-state index is -0.314. The quantitative estimate of drug-likeness (QED) is 0.243. The third-order valence-corrected chi connectivity index (χ3v) is 9.66. The third kappa shape index (κ3) is 7.30. The van der Waals surface area contributed by atoms with Crippen molar-refractivity contribution in [3.8, 4) is 0 Å². The van der Waals surface area contributed by atoms with Gasteiger partial charge in [-0.3, -0.25) is 9.69 Å². The minimum Gasteiger partial charge on any atom is -0.385 e. The molecule has 46 heavy (non-hydrogen) atoms. The molecule has 1 aromatic heterocycles. The standard InChI is InChI=1S/C36H39Cl2FN6O/c1-24(2)43-15-6-14-40-33-19-28(39)12-11-27(33)23-44(18-17-43)35(46)30-21-41-36(45-16-13-25-7-3-4-8-26(25)22-45)42-34(30)20-29-31(37)9-5-10-32(29)38/h3-5,7-12,19,21,24,40H,6,13-18,20,22-23H2,1-2H3. The maximum atomic E-state index is 14.6. The second kappa shape index (κ2) is 14.4. The normalized spacial score (nSPS) is 16.0. The number of hydrogen-bond acceptors (Lipinski definition) is 6. The molecule has 0 unspecified atom stereocenters. The van der Waals surface area contributed by atoms with Crippen LogP contribution in [-0.2, 0) is 25.9 Å². The van der Waals surface area contributed by atoms with Crippen molar-refractivity contribution in [3.05, 3.63) is 116 Å². The number of carbonyl (C=O) groups is 1. The van der Waals surface area contributed by atoms with E-state index in [1.165, 1.54) is 23.3 Å². The molecule has 0 atom stereocenters. The average Bonchev–Trinajstić information content (AvgIpc) is 3.09. The van der Waals surface area contributed by atoms with Crippen LogP contribution < -0.4 is 10.2 Å². The number of nitrogens with zero attached hydrogens (tertiary/aromatic N) is 5. The molecule has 1 amide bonds. The molecule has 0 fully saturated rings. The van der Waals surface area contributed by atoms with Crippen LogP contribution in [0, 0.1) is 5.82 Å². The van der Waals surface area contributed by atoms with E-state index in [-0.39, 0.29) is 18.1 Å². The van der Waals surface area contributed by atoms with Gasteiger partial charge in [0.1, 0.15) is 5.82 Å². The van der Waals surface area contributed by atoms with Gasteiger partial charge in [-0.05, 0) is 73.2 Å². The Bertz CT molecular complexity index is 1700. The van der Waals surface area contributed by atoms with Gasteiger partial charge in [0.2, 0.25) is 5.95 Å². The lowest BCUT2D eigenvalue weighted by molar-refractivity contribution is 0.0710. The summed E-state index contributed by atoms with van der Waals surface area (Å²) in [6, 6.07) is 18.8. The highest BCUT2D eigenvalue weighted by Crippen LogP contribution is 2.30. The van der Waals surface area contributed by atoms with E-state index in [1.807, 2.05) is 11.0 Å². The third-order valence-electron chi connectivity index (χ3n) is 8.95. The van der Waals surface area contributed by atoms with Gasteiger partial charge in [0.25, 0.3) is 5.91 Å². The van der Waals surface area contributed by atoms with Crippen molar-refractivity contribution in [2.45, 2.75) is 52.2 Å². The molecule has 0 radical (unpaired) electrons. The van der Waals surface area contributed by atoms with Crippen molar-refractivity contribution in [2.24, 2.45) is 0 Å². The lowest BCUT2D eigenvalue weighted by Gasteiger charge is -2.31.